The molecule has 10 nitrogen and oxygen atoms in total. The maximum absolute atomic E-state index is 13.7. The van der Waals surface area contributed by atoms with E-state index in [1.807, 2.05) is 0 Å². The van der Waals surface area contributed by atoms with Gasteiger partial charge in [0.2, 0.25) is 5.91 Å². The summed E-state index contributed by atoms with van der Waals surface area (Å²) in [6.07, 6.45) is -4.16. The Hall–Kier alpha value is -4.81. The number of carbonyl (C=O) groups excluding carboxylic acids is 2. The largest absolute Gasteiger partial charge is 0.504 e. The molecular formula is C29H26F3N5O5. The number of rotatable bonds is 2. The molecule has 218 valence electrons. The number of phenols is 1. The molecule has 2 amide bonds. The fourth-order valence-electron chi connectivity index (χ4n) is 5.48. The molecule has 2 aliphatic heterocycles. The number of aromatic hydroxyl groups is 1. The van der Waals surface area contributed by atoms with Crippen molar-refractivity contribution in [3.8, 4) is 23.0 Å². The quantitative estimate of drug-likeness (QED) is 0.364. The average Bonchev–Trinajstić information content (AvgIpc) is 3.56. The number of hydrogen-bond donors (Lipinski definition) is 2. The second kappa shape index (κ2) is 10.2. The summed E-state index contributed by atoms with van der Waals surface area (Å²) in [4.78, 5) is 32.1. The Kier molecular flexibility index (Phi) is 6.66. The van der Waals surface area contributed by atoms with Gasteiger partial charge in [0.15, 0.2) is 34.3 Å². The van der Waals surface area contributed by atoms with Gasteiger partial charge in [-0.2, -0.15) is 18.3 Å². The Balaban J connectivity index is 1.36. The minimum atomic E-state index is -4.69. The van der Waals surface area contributed by atoms with Crippen LogP contribution in [0.25, 0.3) is 5.65 Å². The number of fused-ring (bicyclic) bond motifs is 7. The SMILES string of the molecule is COc1ccc2cc1Oc1cc(ccc1O)CCC(=O)N[C@@H]1CN(C(=O)c3cc4nc(C)cc(C(F)(F)F)n4n3)C[C@@H]21. The second-order valence-electron chi connectivity index (χ2n) is 10.4. The van der Waals surface area contributed by atoms with E-state index in [9.17, 15) is 27.9 Å². The van der Waals surface area contributed by atoms with Crippen LogP contribution in [0.3, 0.4) is 0 Å². The summed E-state index contributed by atoms with van der Waals surface area (Å²) < 4.78 is 53.1. The third-order valence-electron chi connectivity index (χ3n) is 7.52. The fourth-order valence-corrected chi connectivity index (χ4v) is 5.48. The predicted molar refractivity (Wildman–Crippen MR) is 143 cm³/mol. The molecule has 13 heteroatoms. The number of ether oxygens (including phenoxy) is 2. The van der Waals surface area contributed by atoms with Gasteiger partial charge in [0.25, 0.3) is 5.91 Å². The maximum atomic E-state index is 13.7. The Bertz CT molecular complexity index is 1720. The van der Waals surface area contributed by atoms with E-state index in [2.05, 4.69) is 15.4 Å². The zero-order chi connectivity index (χ0) is 29.8. The first kappa shape index (κ1) is 27.4. The molecule has 2 aromatic heterocycles. The van der Waals surface area contributed by atoms with Gasteiger partial charge in [0.05, 0.1) is 13.2 Å². The molecule has 4 bridgehead atoms. The zero-order valence-electron chi connectivity index (χ0n) is 22.6. The van der Waals surface area contributed by atoms with Crippen LogP contribution in [0.5, 0.6) is 23.0 Å². The molecule has 4 aromatic rings. The van der Waals surface area contributed by atoms with Gasteiger partial charge < -0.3 is 24.8 Å². The lowest BCUT2D eigenvalue weighted by Gasteiger charge is -2.21. The van der Waals surface area contributed by atoms with Gasteiger partial charge in [-0.05, 0) is 54.8 Å². The zero-order valence-corrected chi connectivity index (χ0v) is 22.6. The number of alkyl halides is 3. The van der Waals surface area contributed by atoms with E-state index in [0.717, 1.165) is 17.2 Å². The number of aromatic nitrogens is 3. The van der Waals surface area contributed by atoms with Crippen molar-refractivity contribution in [1.82, 2.24) is 24.8 Å². The first-order valence-corrected chi connectivity index (χ1v) is 13.2. The molecule has 2 atom stereocenters. The van der Waals surface area contributed by atoms with Crippen LogP contribution >= 0.6 is 0 Å². The molecule has 0 unspecified atom stereocenters. The van der Waals surface area contributed by atoms with Crippen molar-refractivity contribution < 1.29 is 37.3 Å². The number of halogens is 3. The molecule has 0 saturated carbocycles. The van der Waals surface area contributed by atoms with E-state index in [-0.39, 0.29) is 59.9 Å². The van der Waals surface area contributed by atoms with Crippen LogP contribution < -0.4 is 14.8 Å². The average molecular weight is 582 g/mol. The third kappa shape index (κ3) is 5.06. The number of likely N-dealkylation sites (tertiary alicyclic amines) is 1. The lowest BCUT2D eigenvalue weighted by Crippen LogP contribution is -2.40. The normalized spacial score (nSPS) is 18.8. The van der Waals surface area contributed by atoms with Gasteiger partial charge in [-0.25, -0.2) is 9.50 Å². The number of benzene rings is 2. The van der Waals surface area contributed by atoms with Crippen molar-refractivity contribution in [2.45, 2.75) is 37.9 Å². The highest BCUT2D eigenvalue weighted by Crippen LogP contribution is 2.40. The number of nitrogens with one attached hydrogen (secondary N) is 1. The first-order valence-electron chi connectivity index (χ1n) is 13.2. The number of aryl methyl sites for hydroxylation is 2. The lowest BCUT2D eigenvalue weighted by atomic mass is 9.93. The van der Waals surface area contributed by atoms with Crippen molar-refractivity contribution in [2.75, 3.05) is 20.2 Å². The molecule has 1 fully saturated rings. The molecule has 0 radical (unpaired) electrons. The minimum absolute atomic E-state index is 0.0770. The number of hydrogen-bond acceptors (Lipinski definition) is 7. The van der Waals surface area contributed by atoms with Gasteiger partial charge in [0, 0.05) is 37.2 Å². The van der Waals surface area contributed by atoms with Crippen molar-refractivity contribution >= 4 is 17.5 Å². The lowest BCUT2D eigenvalue weighted by molar-refractivity contribution is -0.142. The van der Waals surface area contributed by atoms with Crippen molar-refractivity contribution in [1.29, 1.82) is 0 Å². The molecule has 2 aromatic carbocycles. The van der Waals surface area contributed by atoms with Crippen LogP contribution in [-0.4, -0.2) is 62.7 Å². The molecule has 6 rings (SSSR count). The molecule has 2 aliphatic rings. The van der Waals surface area contributed by atoms with E-state index in [4.69, 9.17) is 9.47 Å². The maximum Gasteiger partial charge on any atom is 0.433 e. The smallest absolute Gasteiger partial charge is 0.433 e. The Morgan fingerprint density at radius 1 is 1.10 bits per heavy atom. The number of carbonyl (C=O) groups is 2. The van der Waals surface area contributed by atoms with Crippen LogP contribution in [0.4, 0.5) is 13.2 Å². The molecular weight excluding hydrogens is 555 g/mol. The van der Waals surface area contributed by atoms with Crippen LogP contribution in [0, 0.1) is 6.92 Å². The molecule has 42 heavy (non-hydrogen) atoms. The Morgan fingerprint density at radius 2 is 1.90 bits per heavy atom. The van der Waals surface area contributed by atoms with Crippen molar-refractivity contribution in [3.63, 3.8) is 0 Å². The highest BCUT2D eigenvalue weighted by atomic mass is 19.4. The van der Waals surface area contributed by atoms with Crippen LogP contribution in [0.15, 0.2) is 48.5 Å². The van der Waals surface area contributed by atoms with E-state index in [1.165, 1.54) is 31.1 Å². The number of nitrogens with zero attached hydrogens (tertiary/aromatic N) is 4. The van der Waals surface area contributed by atoms with Gasteiger partial charge in [-0.3, -0.25) is 9.59 Å². The summed E-state index contributed by atoms with van der Waals surface area (Å²) in [5.41, 5.74) is 0.337. The van der Waals surface area contributed by atoms with Crippen LogP contribution in [0.1, 0.15) is 45.3 Å². The summed E-state index contributed by atoms with van der Waals surface area (Å²) >= 11 is 0. The monoisotopic (exact) mass is 581 g/mol. The molecule has 1 saturated heterocycles. The molecule has 0 spiro atoms. The molecule has 2 N–H and O–H groups in total. The van der Waals surface area contributed by atoms with E-state index in [0.29, 0.717) is 22.4 Å². The molecule has 0 aliphatic carbocycles. The number of amides is 2. The van der Waals surface area contributed by atoms with Gasteiger partial charge in [-0.15, -0.1) is 0 Å². The fraction of sp³-hybridized carbons (Fsp3) is 0.310. The summed E-state index contributed by atoms with van der Waals surface area (Å²) in [7, 11) is 1.49. The highest BCUT2D eigenvalue weighted by molar-refractivity contribution is 5.94. The summed E-state index contributed by atoms with van der Waals surface area (Å²) in [6, 6.07) is 11.7. The summed E-state index contributed by atoms with van der Waals surface area (Å²) in [5, 5.41) is 17.4. The van der Waals surface area contributed by atoms with Crippen LogP contribution in [-0.2, 0) is 17.4 Å². The van der Waals surface area contributed by atoms with Crippen molar-refractivity contribution in [3.05, 3.63) is 76.7 Å². The number of phenolic OH excluding ortho intramolecular Hbond substituents is 1. The van der Waals surface area contributed by atoms with Crippen molar-refractivity contribution in [2.24, 2.45) is 0 Å². The van der Waals surface area contributed by atoms with Crippen LogP contribution in [0.2, 0.25) is 0 Å². The van der Waals surface area contributed by atoms with E-state index < -0.39 is 23.8 Å². The summed E-state index contributed by atoms with van der Waals surface area (Å²) in [5.74, 6) is -0.324. The number of methoxy groups -OCH3 is 1. The predicted octanol–water partition coefficient (Wildman–Crippen LogP) is 4.23. The van der Waals surface area contributed by atoms with Gasteiger partial charge in [0.1, 0.15) is 5.69 Å². The topological polar surface area (TPSA) is 118 Å². The summed E-state index contributed by atoms with van der Waals surface area (Å²) in [6.45, 7) is 1.70. The first-order chi connectivity index (χ1) is 20.0. The second-order valence-corrected chi connectivity index (χ2v) is 10.4. The standard InChI is InChI=1S/C29H26F3N5O5/c1-15-9-25(29(30,31)32)37-26(33-15)12-19(35-37)28(40)36-13-18-17-5-7-22(41-2)24(11-17)42-23-10-16(3-6-21(23)38)4-8-27(39)34-20(18)14-36/h3,5-7,9-12,18,20,38H,4,8,13-14H2,1-2H3,(H,34,39)/t18-,20+/m0/s1. The highest BCUT2D eigenvalue weighted by Gasteiger charge is 2.40. The molecule has 4 heterocycles. The Morgan fingerprint density at radius 3 is 2.67 bits per heavy atom. The van der Waals surface area contributed by atoms with Gasteiger partial charge in [-0.1, -0.05) is 12.1 Å². The third-order valence-corrected chi connectivity index (χ3v) is 7.52. The van der Waals surface area contributed by atoms with Gasteiger partial charge >= 0.3 is 6.18 Å². The minimum Gasteiger partial charge on any atom is -0.504 e. The van der Waals surface area contributed by atoms with E-state index >= 15 is 0 Å². The Labute approximate surface area is 237 Å². The van der Waals surface area contributed by atoms with E-state index in [1.54, 1.807) is 30.3 Å².